The first-order valence-corrected chi connectivity index (χ1v) is 5.74. The average molecular weight is 244 g/mol. The van der Waals surface area contributed by atoms with Gasteiger partial charge in [0, 0.05) is 6.42 Å². The van der Waals surface area contributed by atoms with Gasteiger partial charge in [-0.1, -0.05) is 19.8 Å². The number of carbonyl (C=O) groups is 3. The summed E-state index contributed by atoms with van der Waals surface area (Å²) in [6.45, 7) is 2.02. The van der Waals surface area contributed by atoms with E-state index >= 15 is 0 Å². The molecule has 0 aromatic heterocycles. The van der Waals surface area contributed by atoms with Crippen LogP contribution in [0, 0.1) is 5.92 Å². The standard InChI is InChI=1S/C12H20O5/c1-4-5-6-7-10(13)9(12(15)17-3)8-11(14)16-2/h9H,4-8H2,1-3H3. The van der Waals surface area contributed by atoms with Gasteiger partial charge in [0.15, 0.2) is 0 Å². The Morgan fingerprint density at radius 2 is 1.71 bits per heavy atom. The highest BCUT2D eigenvalue weighted by molar-refractivity contribution is 6.01. The summed E-state index contributed by atoms with van der Waals surface area (Å²) < 4.78 is 8.97. The Morgan fingerprint density at radius 1 is 1.06 bits per heavy atom. The minimum atomic E-state index is -1.02. The van der Waals surface area contributed by atoms with E-state index in [0.717, 1.165) is 19.3 Å². The van der Waals surface area contributed by atoms with Gasteiger partial charge in [0.25, 0.3) is 0 Å². The summed E-state index contributed by atoms with van der Waals surface area (Å²) in [5.74, 6) is -2.53. The molecule has 0 saturated heterocycles. The first-order valence-electron chi connectivity index (χ1n) is 5.74. The molecule has 5 heteroatoms. The number of carbonyl (C=O) groups excluding carboxylic acids is 3. The maximum Gasteiger partial charge on any atom is 0.316 e. The number of Topliss-reactive ketones (excluding diaryl/α,β-unsaturated/α-hetero) is 1. The molecule has 0 aliphatic heterocycles. The van der Waals surface area contributed by atoms with E-state index in [2.05, 4.69) is 9.47 Å². The number of ketones is 1. The second-order valence-corrected chi connectivity index (χ2v) is 3.78. The highest BCUT2D eigenvalue weighted by Gasteiger charge is 2.29. The van der Waals surface area contributed by atoms with E-state index in [-0.39, 0.29) is 12.2 Å². The number of methoxy groups -OCH3 is 2. The molecule has 0 aromatic rings. The third kappa shape index (κ3) is 6.04. The number of hydrogen-bond donors (Lipinski definition) is 0. The minimum Gasteiger partial charge on any atom is -0.469 e. The molecule has 1 unspecified atom stereocenters. The molecule has 0 heterocycles. The topological polar surface area (TPSA) is 69.7 Å². The fourth-order valence-corrected chi connectivity index (χ4v) is 1.44. The fourth-order valence-electron chi connectivity index (χ4n) is 1.44. The van der Waals surface area contributed by atoms with Crippen LogP contribution in [0.1, 0.15) is 39.0 Å². The molecule has 0 aliphatic carbocycles. The molecule has 98 valence electrons. The lowest BCUT2D eigenvalue weighted by atomic mass is 9.96. The smallest absolute Gasteiger partial charge is 0.316 e. The van der Waals surface area contributed by atoms with Gasteiger partial charge < -0.3 is 9.47 Å². The minimum absolute atomic E-state index is 0.242. The summed E-state index contributed by atoms with van der Waals surface area (Å²) in [5.41, 5.74) is 0. The maximum absolute atomic E-state index is 11.8. The van der Waals surface area contributed by atoms with Crippen molar-refractivity contribution in [2.24, 2.45) is 5.92 Å². The van der Waals surface area contributed by atoms with Gasteiger partial charge in [-0.15, -0.1) is 0 Å². The van der Waals surface area contributed by atoms with Crippen molar-refractivity contribution in [3.8, 4) is 0 Å². The lowest BCUT2D eigenvalue weighted by Gasteiger charge is -2.12. The third-order valence-corrected chi connectivity index (χ3v) is 2.50. The number of unbranched alkanes of at least 4 members (excludes halogenated alkanes) is 2. The summed E-state index contributed by atoms with van der Waals surface area (Å²) in [6, 6.07) is 0. The predicted octanol–water partition coefficient (Wildman–Crippen LogP) is 1.49. The third-order valence-electron chi connectivity index (χ3n) is 2.50. The molecule has 0 aliphatic rings. The van der Waals surface area contributed by atoms with Crippen LogP contribution < -0.4 is 0 Å². The van der Waals surface area contributed by atoms with Crippen LogP contribution in [-0.4, -0.2) is 31.9 Å². The van der Waals surface area contributed by atoms with Gasteiger partial charge in [0.1, 0.15) is 11.7 Å². The number of rotatable bonds is 8. The lowest BCUT2D eigenvalue weighted by molar-refractivity contribution is -0.155. The van der Waals surface area contributed by atoms with Crippen LogP contribution >= 0.6 is 0 Å². The van der Waals surface area contributed by atoms with Crippen molar-refractivity contribution >= 4 is 17.7 Å². The zero-order valence-electron chi connectivity index (χ0n) is 10.7. The van der Waals surface area contributed by atoms with Crippen LogP contribution in [0.4, 0.5) is 0 Å². The van der Waals surface area contributed by atoms with Gasteiger partial charge in [-0.05, 0) is 6.42 Å². The molecule has 1 atom stereocenters. The van der Waals surface area contributed by atoms with Crippen molar-refractivity contribution in [3.05, 3.63) is 0 Å². The van der Waals surface area contributed by atoms with E-state index in [9.17, 15) is 14.4 Å². The Morgan fingerprint density at radius 3 is 2.18 bits per heavy atom. The Balaban J connectivity index is 4.40. The summed E-state index contributed by atoms with van der Waals surface area (Å²) in [4.78, 5) is 34.2. The highest BCUT2D eigenvalue weighted by atomic mass is 16.5. The molecule has 0 radical (unpaired) electrons. The Hall–Kier alpha value is -1.39. The quantitative estimate of drug-likeness (QED) is 0.367. The molecule has 0 bridgehead atoms. The van der Waals surface area contributed by atoms with E-state index in [1.54, 1.807) is 0 Å². The van der Waals surface area contributed by atoms with Crippen molar-refractivity contribution in [3.63, 3.8) is 0 Å². The molecular formula is C12H20O5. The van der Waals surface area contributed by atoms with E-state index in [1.165, 1.54) is 14.2 Å². The van der Waals surface area contributed by atoms with E-state index in [1.807, 2.05) is 6.92 Å². The normalized spacial score (nSPS) is 11.7. The van der Waals surface area contributed by atoms with Crippen molar-refractivity contribution in [2.45, 2.75) is 39.0 Å². The molecule has 0 amide bonds. The molecule has 0 spiro atoms. The van der Waals surface area contributed by atoms with Crippen LogP contribution in [0.25, 0.3) is 0 Å². The summed E-state index contributed by atoms with van der Waals surface area (Å²) in [6.07, 6.45) is 2.70. The molecule has 0 fully saturated rings. The van der Waals surface area contributed by atoms with Crippen molar-refractivity contribution in [1.82, 2.24) is 0 Å². The van der Waals surface area contributed by atoms with Gasteiger partial charge in [-0.25, -0.2) is 0 Å². The average Bonchev–Trinajstić information content (AvgIpc) is 2.34. The first kappa shape index (κ1) is 15.6. The zero-order valence-corrected chi connectivity index (χ0v) is 10.7. The van der Waals surface area contributed by atoms with E-state index < -0.39 is 17.9 Å². The van der Waals surface area contributed by atoms with Crippen molar-refractivity contribution in [2.75, 3.05) is 14.2 Å². The van der Waals surface area contributed by atoms with Crippen LogP contribution in [0.15, 0.2) is 0 Å². The first-order chi connectivity index (χ1) is 8.06. The summed E-state index contributed by atoms with van der Waals surface area (Å²) in [7, 11) is 2.42. The number of ether oxygens (including phenoxy) is 2. The largest absolute Gasteiger partial charge is 0.469 e. The van der Waals surface area contributed by atoms with Crippen LogP contribution in [0.3, 0.4) is 0 Å². The fraction of sp³-hybridized carbons (Fsp3) is 0.750. The lowest BCUT2D eigenvalue weighted by Crippen LogP contribution is -2.28. The molecule has 0 N–H and O–H groups in total. The van der Waals surface area contributed by atoms with Crippen molar-refractivity contribution in [1.29, 1.82) is 0 Å². The van der Waals surface area contributed by atoms with E-state index in [4.69, 9.17) is 0 Å². The molecule has 17 heavy (non-hydrogen) atoms. The summed E-state index contributed by atoms with van der Waals surface area (Å²) >= 11 is 0. The van der Waals surface area contributed by atoms with E-state index in [0.29, 0.717) is 6.42 Å². The van der Waals surface area contributed by atoms with Gasteiger partial charge in [0.2, 0.25) is 0 Å². The molecular weight excluding hydrogens is 224 g/mol. The molecule has 0 saturated carbocycles. The van der Waals surface area contributed by atoms with Crippen LogP contribution in [0.2, 0.25) is 0 Å². The number of esters is 2. The van der Waals surface area contributed by atoms with Gasteiger partial charge in [0.05, 0.1) is 20.6 Å². The second kappa shape index (κ2) is 8.73. The highest BCUT2D eigenvalue weighted by Crippen LogP contribution is 2.13. The molecule has 0 rings (SSSR count). The Labute approximate surface area is 101 Å². The van der Waals surface area contributed by atoms with Gasteiger partial charge in [-0.3, -0.25) is 14.4 Å². The number of hydrogen-bond acceptors (Lipinski definition) is 5. The SMILES string of the molecule is CCCCCC(=O)C(CC(=O)OC)C(=O)OC. The monoisotopic (exact) mass is 244 g/mol. The molecule has 0 aromatic carbocycles. The Kier molecular flexibility index (Phi) is 8.01. The van der Waals surface area contributed by atoms with Crippen LogP contribution in [-0.2, 0) is 23.9 Å². The maximum atomic E-state index is 11.8. The van der Waals surface area contributed by atoms with Gasteiger partial charge >= 0.3 is 11.9 Å². The van der Waals surface area contributed by atoms with Crippen LogP contribution in [0.5, 0.6) is 0 Å². The van der Waals surface area contributed by atoms with Crippen molar-refractivity contribution < 1.29 is 23.9 Å². The molecule has 5 nitrogen and oxygen atoms in total. The van der Waals surface area contributed by atoms with Gasteiger partial charge in [-0.2, -0.15) is 0 Å². The Bertz CT molecular complexity index is 272. The second-order valence-electron chi connectivity index (χ2n) is 3.78. The summed E-state index contributed by atoms with van der Waals surface area (Å²) in [5, 5.41) is 0. The predicted molar refractivity (Wildman–Crippen MR) is 61.3 cm³/mol. The zero-order chi connectivity index (χ0) is 13.3.